The number of carbonyl (C=O) groups is 2. The van der Waals surface area contributed by atoms with Gasteiger partial charge in [0.05, 0.1) is 38.5 Å². The lowest BCUT2D eigenvalue weighted by Crippen LogP contribution is -2.52. The zero-order valence-corrected chi connectivity index (χ0v) is 17.5. The van der Waals surface area contributed by atoms with Gasteiger partial charge in [0.25, 0.3) is 0 Å². The van der Waals surface area contributed by atoms with Gasteiger partial charge in [0, 0.05) is 37.8 Å². The minimum absolute atomic E-state index is 0.0383. The van der Waals surface area contributed by atoms with E-state index < -0.39 is 11.6 Å². The molecule has 2 saturated heterocycles. The lowest BCUT2D eigenvalue weighted by atomic mass is 10.2. The smallest absolute Gasteiger partial charge is 0.236 e. The number of hydrogen-bond donors (Lipinski definition) is 2. The Morgan fingerprint density at radius 2 is 2.12 bits per heavy atom. The fourth-order valence-corrected chi connectivity index (χ4v) is 3.69. The topological polar surface area (TPSA) is 99.8 Å². The highest BCUT2D eigenvalue weighted by Gasteiger charge is 2.29. The number of benzene rings is 1. The van der Waals surface area contributed by atoms with Gasteiger partial charge >= 0.3 is 0 Å². The summed E-state index contributed by atoms with van der Waals surface area (Å²) in [7, 11) is 0. The van der Waals surface area contributed by atoms with Gasteiger partial charge in [-0.2, -0.15) is 5.10 Å². The van der Waals surface area contributed by atoms with E-state index in [1.54, 1.807) is 4.90 Å². The molecule has 172 valence electrons. The van der Waals surface area contributed by atoms with E-state index in [1.807, 2.05) is 11.0 Å². The van der Waals surface area contributed by atoms with Gasteiger partial charge in [-0.3, -0.25) is 19.6 Å². The number of halogens is 2. The molecule has 32 heavy (non-hydrogen) atoms. The van der Waals surface area contributed by atoms with Crippen molar-refractivity contribution >= 4 is 11.8 Å². The first-order valence-electron chi connectivity index (χ1n) is 10.5. The molecule has 2 fully saturated rings. The molecule has 0 bridgehead atoms. The standard InChI is InChI=1S/C21H25F2N5O4/c22-16-2-1-15(10-17(16)23)31-7-3-14-9-18(26-25-14)19-11-28(6-8-32-19)21(30)13-27-5-4-24-20(29)12-27/h1-2,9-10,19H,3-8,11-13H2,(H,24,29)(H,25,26)/t19-/m1/s1. The number of amides is 2. The van der Waals surface area contributed by atoms with Crippen LogP contribution in [0.4, 0.5) is 8.78 Å². The van der Waals surface area contributed by atoms with Crippen LogP contribution in [0.3, 0.4) is 0 Å². The molecule has 1 aromatic carbocycles. The first kappa shape index (κ1) is 22.2. The Balaban J connectivity index is 1.27. The van der Waals surface area contributed by atoms with Crippen molar-refractivity contribution in [3.8, 4) is 5.75 Å². The normalized spacial score (nSPS) is 19.6. The minimum atomic E-state index is -0.955. The summed E-state index contributed by atoms with van der Waals surface area (Å²) in [5.41, 5.74) is 1.48. The molecular weight excluding hydrogens is 424 g/mol. The van der Waals surface area contributed by atoms with Crippen LogP contribution in [0.2, 0.25) is 0 Å². The number of ether oxygens (including phenoxy) is 2. The molecule has 0 unspecified atom stereocenters. The molecule has 9 nitrogen and oxygen atoms in total. The number of nitrogens with zero attached hydrogens (tertiary/aromatic N) is 3. The van der Waals surface area contributed by atoms with Crippen molar-refractivity contribution in [1.29, 1.82) is 0 Å². The maximum Gasteiger partial charge on any atom is 0.236 e. The number of carbonyl (C=O) groups excluding carboxylic acids is 2. The van der Waals surface area contributed by atoms with Crippen LogP contribution in [-0.2, 0) is 20.7 Å². The van der Waals surface area contributed by atoms with E-state index in [1.165, 1.54) is 6.07 Å². The minimum Gasteiger partial charge on any atom is -0.493 e. The quantitative estimate of drug-likeness (QED) is 0.644. The Labute approximate surface area is 183 Å². The number of aromatic nitrogens is 2. The number of nitrogens with one attached hydrogen (secondary N) is 2. The van der Waals surface area contributed by atoms with Crippen molar-refractivity contribution in [2.24, 2.45) is 0 Å². The van der Waals surface area contributed by atoms with E-state index in [0.717, 1.165) is 17.8 Å². The molecule has 0 saturated carbocycles. The summed E-state index contributed by atoms with van der Waals surface area (Å²) < 4.78 is 37.5. The van der Waals surface area contributed by atoms with Crippen molar-refractivity contribution in [1.82, 2.24) is 25.3 Å². The SMILES string of the molecule is O=C1CN(CC(=O)N2CCO[C@@H](c3cc(CCOc4ccc(F)c(F)c4)[nH]n3)C2)CCN1. The molecule has 0 aliphatic carbocycles. The summed E-state index contributed by atoms with van der Waals surface area (Å²) in [5.74, 6) is -1.73. The third kappa shape index (κ3) is 5.60. The number of H-pyrrole nitrogens is 1. The molecule has 2 amide bonds. The summed E-state index contributed by atoms with van der Waals surface area (Å²) in [5, 5.41) is 9.96. The summed E-state index contributed by atoms with van der Waals surface area (Å²) in [4.78, 5) is 27.8. The van der Waals surface area contributed by atoms with Gasteiger partial charge in [-0.05, 0) is 18.2 Å². The highest BCUT2D eigenvalue weighted by molar-refractivity contribution is 5.82. The summed E-state index contributed by atoms with van der Waals surface area (Å²) in [6, 6.07) is 5.24. The third-order valence-electron chi connectivity index (χ3n) is 5.41. The average Bonchev–Trinajstić information content (AvgIpc) is 3.25. The van der Waals surface area contributed by atoms with Gasteiger partial charge in [0.1, 0.15) is 11.9 Å². The Morgan fingerprint density at radius 3 is 2.94 bits per heavy atom. The van der Waals surface area contributed by atoms with Crippen LogP contribution in [0.15, 0.2) is 24.3 Å². The summed E-state index contributed by atoms with van der Waals surface area (Å²) in [6.07, 6.45) is 0.132. The number of rotatable bonds is 7. The lowest BCUT2D eigenvalue weighted by molar-refractivity contribution is -0.141. The second-order valence-electron chi connectivity index (χ2n) is 7.75. The molecule has 0 radical (unpaired) electrons. The van der Waals surface area contributed by atoms with Crippen LogP contribution in [0, 0.1) is 11.6 Å². The molecule has 4 rings (SSSR count). The van der Waals surface area contributed by atoms with Crippen LogP contribution in [-0.4, -0.2) is 84.3 Å². The van der Waals surface area contributed by atoms with Crippen molar-refractivity contribution in [3.63, 3.8) is 0 Å². The van der Waals surface area contributed by atoms with E-state index in [9.17, 15) is 18.4 Å². The van der Waals surface area contributed by atoms with Gasteiger partial charge in [0.15, 0.2) is 11.6 Å². The highest BCUT2D eigenvalue weighted by atomic mass is 19.2. The van der Waals surface area contributed by atoms with E-state index in [4.69, 9.17) is 9.47 Å². The first-order chi connectivity index (χ1) is 15.5. The van der Waals surface area contributed by atoms with E-state index in [2.05, 4.69) is 15.5 Å². The van der Waals surface area contributed by atoms with Gasteiger partial charge in [-0.25, -0.2) is 8.78 Å². The maximum atomic E-state index is 13.2. The van der Waals surface area contributed by atoms with Gasteiger partial charge in [-0.15, -0.1) is 0 Å². The van der Waals surface area contributed by atoms with E-state index in [-0.39, 0.29) is 43.4 Å². The molecule has 0 spiro atoms. The Morgan fingerprint density at radius 1 is 1.25 bits per heavy atom. The number of morpholine rings is 1. The second-order valence-corrected chi connectivity index (χ2v) is 7.75. The van der Waals surface area contributed by atoms with Gasteiger partial charge < -0.3 is 19.7 Å². The van der Waals surface area contributed by atoms with Crippen molar-refractivity contribution in [2.45, 2.75) is 12.5 Å². The lowest BCUT2D eigenvalue weighted by Gasteiger charge is -2.34. The maximum absolute atomic E-state index is 13.2. The van der Waals surface area contributed by atoms with Crippen LogP contribution >= 0.6 is 0 Å². The summed E-state index contributed by atoms with van der Waals surface area (Å²) >= 11 is 0. The fourth-order valence-electron chi connectivity index (χ4n) is 3.69. The zero-order chi connectivity index (χ0) is 22.5. The Hall–Kier alpha value is -3.05. The monoisotopic (exact) mass is 449 g/mol. The largest absolute Gasteiger partial charge is 0.493 e. The van der Waals surface area contributed by atoms with Crippen LogP contribution in [0.5, 0.6) is 5.75 Å². The Bertz CT molecular complexity index is 969. The third-order valence-corrected chi connectivity index (χ3v) is 5.41. The highest BCUT2D eigenvalue weighted by Crippen LogP contribution is 2.22. The molecule has 2 aromatic rings. The number of aromatic amines is 1. The second kappa shape index (κ2) is 10.0. The molecular formula is C21H25F2N5O4. The predicted octanol–water partition coefficient (Wildman–Crippen LogP) is 0.641. The molecule has 1 aromatic heterocycles. The van der Waals surface area contributed by atoms with Gasteiger partial charge in [0.2, 0.25) is 11.8 Å². The van der Waals surface area contributed by atoms with Gasteiger partial charge in [-0.1, -0.05) is 0 Å². The van der Waals surface area contributed by atoms with Crippen LogP contribution in [0.1, 0.15) is 17.5 Å². The molecule has 11 heteroatoms. The number of hydrogen-bond acceptors (Lipinski definition) is 6. The predicted molar refractivity (Wildman–Crippen MR) is 109 cm³/mol. The molecule has 3 heterocycles. The van der Waals surface area contributed by atoms with Crippen molar-refractivity contribution < 1.29 is 27.8 Å². The first-order valence-corrected chi connectivity index (χ1v) is 10.5. The van der Waals surface area contributed by atoms with Crippen LogP contribution in [0.25, 0.3) is 0 Å². The summed E-state index contributed by atoms with van der Waals surface area (Å²) in [6.45, 7) is 3.17. The van der Waals surface area contributed by atoms with E-state index in [0.29, 0.717) is 44.9 Å². The zero-order valence-electron chi connectivity index (χ0n) is 17.5. The Kier molecular flexibility index (Phi) is 6.96. The molecule has 2 aliphatic heterocycles. The molecule has 2 N–H and O–H groups in total. The molecule has 1 atom stereocenters. The number of piperazine rings is 1. The van der Waals surface area contributed by atoms with Crippen molar-refractivity contribution in [3.05, 3.63) is 47.3 Å². The van der Waals surface area contributed by atoms with Crippen LogP contribution < -0.4 is 10.1 Å². The average molecular weight is 449 g/mol. The fraction of sp³-hybridized carbons (Fsp3) is 0.476. The van der Waals surface area contributed by atoms with Crippen molar-refractivity contribution in [2.75, 3.05) is 52.5 Å². The molecule has 2 aliphatic rings. The van der Waals surface area contributed by atoms with E-state index >= 15 is 0 Å².